The summed E-state index contributed by atoms with van der Waals surface area (Å²) in [5.41, 5.74) is 3.29. The molecule has 1 fully saturated rings. The van der Waals surface area contributed by atoms with Crippen molar-refractivity contribution in [3.05, 3.63) is 64.1 Å². The molecule has 2 heterocycles. The fraction of sp³-hybridized carbons (Fsp3) is 0.350. The highest BCUT2D eigenvalue weighted by molar-refractivity contribution is 9.10. The van der Waals surface area contributed by atoms with Gasteiger partial charge in [0.25, 0.3) is 0 Å². The van der Waals surface area contributed by atoms with Crippen LogP contribution in [0.3, 0.4) is 0 Å². The first kappa shape index (κ1) is 16.6. The van der Waals surface area contributed by atoms with Crippen molar-refractivity contribution in [2.75, 3.05) is 24.5 Å². The van der Waals surface area contributed by atoms with Crippen molar-refractivity contribution in [2.45, 2.75) is 24.9 Å². The molecule has 5 heteroatoms. The van der Waals surface area contributed by atoms with Crippen LogP contribution in [-0.4, -0.2) is 25.7 Å². The number of nitrogens with zero attached hydrogens (tertiary/aromatic N) is 1. The average Bonchev–Trinajstić information content (AvgIpc) is 2.95. The highest BCUT2D eigenvalue weighted by Gasteiger charge is 2.45. The number of ether oxygens (including phenoxy) is 1. The molecule has 0 unspecified atom stereocenters. The van der Waals surface area contributed by atoms with E-state index in [1.165, 1.54) is 5.56 Å². The third-order valence-electron chi connectivity index (χ3n) is 5.27. The van der Waals surface area contributed by atoms with Crippen LogP contribution < -0.4 is 10.2 Å². The number of halogens is 1. The van der Waals surface area contributed by atoms with E-state index in [1.54, 1.807) is 0 Å². The van der Waals surface area contributed by atoms with E-state index in [-0.39, 0.29) is 11.5 Å². The number of nitrogens with one attached hydrogen (secondary N) is 1. The van der Waals surface area contributed by atoms with Crippen molar-refractivity contribution >= 4 is 27.7 Å². The number of piperidine rings is 1. The number of benzene rings is 2. The molecule has 0 atom stereocenters. The van der Waals surface area contributed by atoms with E-state index in [0.717, 1.165) is 41.7 Å². The Bertz CT molecular complexity index is 773. The van der Waals surface area contributed by atoms with Gasteiger partial charge < -0.3 is 10.1 Å². The minimum absolute atomic E-state index is 0.0378. The van der Waals surface area contributed by atoms with Crippen molar-refractivity contribution < 1.29 is 9.53 Å². The Morgan fingerprint density at radius 1 is 1.16 bits per heavy atom. The second-order valence-electron chi connectivity index (χ2n) is 6.82. The Labute approximate surface area is 156 Å². The van der Waals surface area contributed by atoms with Crippen molar-refractivity contribution in [3.63, 3.8) is 0 Å². The SMILES string of the molecule is O=C(OCc1ccccc1)N1CC2(CCNCC2)c2cc(Br)ccc21. The zero-order valence-corrected chi connectivity index (χ0v) is 15.6. The van der Waals surface area contributed by atoms with E-state index in [9.17, 15) is 4.79 Å². The van der Waals surface area contributed by atoms with Crippen molar-refractivity contribution in [1.29, 1.82) is 0 Å². The van der Waals surface area contributed by atoms with Crippen LogP contribution in [0.5, 0.6) is 0 Å². The molecule has 25 heavy (non-hydrogen) atoms. The lowest BCUT2D eigenvalue weighted by Crippen LogP contribution is -2.44. The molecule has 0 bridgehead atoms. The van der Waals surface area contributed by atoms with Gasteiger partial charge in [0.15, 0.2) is 0 Å². The first-order valence-electron chi connectivity index (χ1n) is 8.67. The van der Waals surface area contributed by atoms with Crippen LogP contribution in [0.4, 0.5) is 10.5 Å². The quantitative estimate of drug-likeness (QED) is 0.819. The van der Waals surface area contributed by atoms with E-state index in [0.29, 0.717) is 13.2 Å². The molecule has 2 aromatic carbocycles. The average molecular weight is 401 g/mol. The molecule has 0 aromatic heterocycles. The van der Waals surface area contributed by atoms with Gasteiger partial charge in [0, 0.05) is 16.4 Å². The third kappa shape index (κ3) is 3.18. The number of rotatable bonds is 2. The normalized spacial score (nSPS) is 18.2. The molecule has 1 N–H and O–H groups in total. The zero-order chi connectivity index (χ0) is 17.3. The largest absolute Gasteiger partial charge is 0.444 e. The third-order valence-corrected chi connectivity index (χ3v) is 5.76. The van der Waals surface area contributed by atoms with Crippen molar-refractivity contribution in [1.82, 2.24) is 5.32 Å². The molecule has 1 amide bonds. The van der Waals surface area contributed by atoms with Gasteiger partial charge in [-0.25, -0.2) is 4.79 Å². The predicted octanol–water partition coefficient (Wildman–Crippen LogP) is 4.23. The Morgan fingerprint density at radius 3 is 2.68 bits per heavy atom. The van der Waals surface area contributed by atoms with Gasteiger partial charge in [-0.05, 0) is 55.3 Å². The Balaban J connectivity index is 1.57. The van der Waals surface area contributed by atoms with Crippen LogP contribution in [0, 0.1) is 0 Å². The van der Waals surface area contributed by atoms with Gasteiger partial charge in [0.2, 0.25) is 0 Å². The lowest BCUT2D eigenvalue weighted by atomic mass is 9.75. The number of carbonyl (C=O) groups excluding carboxylic acids is 1. The summed E-state index contributed by atoms with van der Waals surface area (Å²) < 4.78 is 6.65. The summed E-state index contributed by atoms with van der Waals surface area (Å²) in [6.45, 7) is 2.97. The van der Waals surface area contributed by atoms with Crippen LogP contribution in [0.15, 0.2) is 53.0 Å². The van der Waals surface area contributed by atoms with E-state index >= 15 is 0 Å². The van der Waals surface area contributed by atoms with Gasteiger partial charge in [-0.3, -0.25) is 4.90 Å². The molecule has 130 valence electrons. The molecule has 1 saturated heterocycles. The molecular weight excluding hydrogens is 380 g/mol. The minimum Gasteiger partial charge on any atom is -0.444 e. The molecule has 2 aliphatic rings. The number of fused-ring (bicyclic) bond motifs is 2. The van der Waals surface area contributed by atoms with Crippen LogP contribution in [0.2, 0.25) is 0 Å². The molecule has 2 aromatic rings. The number of hydrogen-bond donors (Lipinski definition) is 1. The molecule has 2 aliphatic heterocycles. The maximum absolute atomic E-state index is 12.8. The maximum Gasteiger partial charge on any atom is 0.414 e. The fourth-order valence-electron chi connectivity index (χ4n) is 3.93. The maximum atomic E-state index is 12.8. The van der Waals surface area contributed by atoms with Crippen molar-refractivity contribution in [2.24, 2.45) is 0 Å². The smallest absolute Gasteiger partial charge is 0.414 e. The van der Waals surface area contributed by atoms with Gasteiger partial charge in [-0.2, -0.15) is 0 Å². The molecule has 1 spiro atoms. The number of hydrogen-bond acceptors (Lipinski definition) is 3. The van der Waals surface area contributed by atoms with E-state index < -0.39 is 0 Å². The highest BCUT2D eigenvalue weighted by atomic mass is 79.9. The summed E-state index contributed by atoms with van der Waals surface area (Å²) in [6, 6.07) is 16.0. The van der Waals surface area contributed by atoms with Gasteiger partial charge in [-0.1, -0.05) is 46.3 Å². The standard InChI is InChI=1S/C20H21BrN2O2/c21-16-6-7-18-17(12-16)20(8-10-22-11-9-20)14-23(18)19(24)25-13-15-4-2-1-3-5-15/h1-7,12,22H,8-11,13-14H2. The lowest BCUT2D eigenvalue weighted by Gasteiger charge is -2.34. The second kappa shape index (κ2) is 6.81. The molecular formula is C20H21BrN2O2. The van der Waals surface area contributed by atoms with E-state index in [1.807, 2.05) is 47.4 Å². The highest BCUT2D eigenvalue weighted by Crippen LogP contribution is 2.47. The summed E-state index contributed by atoms with van der Waals surface area (Å²) in [5, 5.41) is 3.43. The van der Waals surface area contributed by atoms with Gasteiger partial charge in [0.05, 0.1) is 5.69 Å². The summed E-state index contributed by atoms with van der Waals surface area (Å²) in [4.78, 5) is 14.6. The number of anilines is 1. The summed E-state index contributed by atoms with van der Waals surface area (Å²) >= 11 is 3.58. The molecule has 0 saturated carbocycles. The van der Waals surface area contributed by atoms with Crippen LogP contribution in [0.25, 0.3) is 0 Å². The second-order valence-corrected chi connectivity index (χ2v) is 7.73. The number of amides is 1. The fourth-order valence-corrected chi connectivity index (χ4v) is 4.30. The summed E-state index contributed by atoms with van der Waals surface area (Å²) in [6.07, 6.45) is 1.82. The Hall–Kier alpha value is -1.85. The van der Waals surface area contributed by atoms with Gasteiger partial charge in [-0.15, -0.1) is 0 Å². The van der Waals surface area contributed by atoms with Gasteiger partial charge >= 0.3 is 6.09 Å². The molecule has 4 rings (SSSR count). The topological polar surface area (TPSA) is 41.6 Å². The zero-order valence-electron chi connectivity index (χ0n) is 14.0. The predicted molar refractivity (Wildman–Crippen MR) is 102 cm³/mol. The van der Waals surface area contributed by atoms with E-state index in [2.05, 4.69) is 27.3 Å². The Morgan fingerprint density at radius 2 is 1.92 bits per heavy atom. The first-order chi connectivity index (χ1) is 12.2. The van der Waals surface area contributed by atoms with Crippen molar-refractivity contribution in [3.8, 4) is 0 Å². The first-order valence-corrected chi connectivity index (χ1v) is 9.46. The van der Waals surface area contributed by atoms with Crippen LogP contribution in [0.1, 0.15) is 24.0 Å². The van der Waals surface area contributed by atoms with E-state index in [4.69, 9.17) is 4.74 Å². The van der Waals surface area contributed by atoms with Crippen LogP contribution >= 0.6 is 15.9 Å². The van der Waals surface area contributed by atoms with Crippen LogP contribution in [-0.2, 0) is 16.8 Å². The molecule has 0 aliphatic carbocycles. The monoisotopic (exact) mass is 400 g/mol. The molecule has 0 radical (unpaired) electrons. The summed E-state index contributed by atoms with van der Waals surface area (Å²) in [5.74, 6) is 0. The van der Waals surface area contributed by atoms with Gasteiger partial charge in [0.1, 0.15) is 6.61 Å². The lowest BCUT2D eigenvalue weighted by molar-refractivity contribution is 0.145. The Kier molecular flexibility index (Phi) is 4.52. The summed E-state index contributed by atoms with van der Waals surface area (Å²) in [7, 11) is 0. The molecule has 4 nitrogen and oxygen atoms in total. The number of carbonyl (C=O) groups is 1. The minimum atomic E-state index is -0.261.